The van der Waals surface area contributed by atoms with E-state index in [2.05, 4.69) is 13.8 Å². The standard InChI is InChI=1S/C9H16O3/c1-4-7(11-3)6(2)9-8(5-10)12-9/h5-9H,4H2,1-3H3/t6-,7+,8-,9-/m1/s1. The van der Waals surface area contributed by atoms with E-state index in [4.69, 9.17) is 9.47 Å². The van der Waals surface area contributed by atoms with Crippen LogP contribution in [0, 0.1) is 5.92 Å². The Balaban J connectivity index is 2.36. The summed E-state index contributed by atoms with van der Waals surface area (Å²) in [4.78, 5) is 10.3. The molecule has 12 heavy (non-hydrogen) atoms. The molecule has 3 nitrogen and oxygen atoms in total. The number of methoxy groups -OCH3 is 1. The van der Waals surface area contributed by atoms with Crippen LogP contribution in [0.5, 0.6) is 0 Å². The number of hydrogen-bond acceptors (Lipinski definition) is 3. The molecule has 1 aliphatic rings. The van der Waals surface area contributed by atoms with Gasteiger partial charge in [-0.3, -0.25) is 0 Å². The van der Waals surface area contributed by atoms with Crippen molar-refractivity contribution in [2.45, 2.75) is 38.6 Å². The zero-order valence-electron chi connectivity index (χ0n) is 7.82. The molecule has 3 heteroatoms. The van der Waals surface area contributed by atoms with Crippen LogP contribution in [0.1, 0.15) is 20.3 Å². The van der Waals surface area contributed by atoms with E-state index in [0.717, 1.165) is 12.7 Å². The Morgan fingerprint density at radius 3 is 2.67 bits per heavy atom. The summed E-state index contributed by atoms with van der Waals surface area (Å²) in [5.41, 5.74) is 0. The fourth-order valence-electron chi connectivity index (χ4n) is 1.63. The van der Waals surface area contributed by atoms with Crippen molar-refractivity contribution in [1.29, 1.82) is 0 Å². The summed E-state index contributed by atoms with van der Waals surface area (Å²) in [5, 5.41) is 0. The molecule has 0 saturated carbocycles. The number of carbonyl (C=O) groups excluding carboxylic acids is 1. The van der Waals surface area contributed by atoms with Gasteiger partial charge in [-0.25, -0.2) is 0 Å². The molecule has 0 aromatic carbocycles. The maximum Gasteiger partial charge on any atom is 0.151 e. The van der Waals surface area contributed by atoms with Crippen molar-refractivity contribution in [2.75, 3.05) is 7.11 Å². The Morgan fingerprint density at radius 1 is 1.67 bits per heavy atom. The summed E-state index contributed by atoms with van der Waals surface area (Å²) in [6, 6.07) is 0. The van der Waals surface area contributed by atoms with Gasteiger partial charge in [-0.05, 0) is 6.42 Å². The molecule has 0 radical (unpaired) electrons. The van der Waals surface area contributed by atoms with E-state index in [1.807, 2.05) is 0 Å². The summed E-state index contributed by atoms with van der Waals surface area (Å²) in [5.74, 6) is 0.315. The maximum absolute atomic E-state index is 10.3. The summed E-state index contributed by atoms with van der Waals surface area (Å²) >= 11 is 0. The van der Waals surface area contributed by atoms with Crippen molar-refractivity contribution in [3.05, 3.63) is 0 Å². The van der Waals surface area contributed by atoms with Crippen molar-refractivity contribution >= 4 is 6.29 Å². The van der Waals surface area contributed by atoms with Crippen molar-refractivity contribution in [1.82, 2.24) is 0 Å². The van der Waals surface area contributed by atoms with E-state index in [0.29, 0.717) is 5.92 Å². The van der Waals surface area contributed by atoms with Crippen LogP contribution in [0.4, 0.5) is 0 Å². The van der Waals surface area contributed by atoms with Gasteiger partial charge in [-0.15, -0.1) is 0 Å². The Kier molecular flexibility index (Phi) is 3.23. The van der Waals surface area contributed by atoms with Crippen LogP contribution in [0.3, 0.4) is 0 Å². The van der Waals surface area contributed by atoms with E-state index in [1.54, 1.807) is 7.11 Å². The molecule has 0 aliphatic carbocycles. The van der Waals surface area contributed by atoms with E-state index < -0.39 is 0 Å². The third-order valence-corrected chi connectivity index (χ3v) is 2.51. The maximum atomic E-state index is 10.3. The summed E-state index contributed by atoms with van der Waals surface area (Å²) in [6.07, 6.45) is 1.95. The molecule has 0 aromatic rings. The Labute approximate surface area is 73.0 Å². The van der Waals surface area contributed by atoms with Gasteiger partial charge in [0, 0.05) is 13.0 Å². The first kappa shape index (κ1) is 9.68. The second-order valence-electron chi connectivity index (χ2n) is 3.24. The van der Waals surface area contributed by atoms with Crippen LogP contribution in [0.15, 0.2) is 0 Å². The monoisotopic (exact) mass is 172 g/mol. The van der Waals surface area contributed by atoms with Crippen molar-refractivity contribution < 1.29 is 14.3 Å². The molecule has 1 rings (SSSR count). The lowest BCUT2D eigenvalue weighted by Crippen LogP contribution is -2.25. The van der Waals surface area contributed by atoms with Gasteiger partial charge in [0.2, 0.25) is 0 Å². The van der Waals surface area contributed by atoms with Crippen molar-refractivity contribution in [2.24, 2.45) is 5.92 Å². The van der Waals surface area contributed by atoms with Gasteiger partial charge in [0.15, 0.2) is 6.29 Å². The summed E-state index contributed by atoms with van der Waals surface area (Å²) in [6.45, 7) is 4.13. The first-order valence-corrected chi connectivity index (χ1v) is 4.38. The first-order chi connectivity index (χ1) is 5.74. The highest BCUT2D eigenvalue weighted by Crippen LogP contribution is 2.31. The lowest BCUT2D eigenvalue weighted by Gasteiger charge is -2.18. The molecule has 4 atom stereocenters. The average Bonchev–Trinajstić information content (AvgIpc) is 2.85. The van der Waals surface area contributed by atoms with Crippen LogP contribution < -0.4 is 0 Å². The smallest absolute Gasteiger partial charge is 0.151 e. The second kappa shape index (κ2) is 4.01. The largest absolute Gasteiger partial charge is 0.381 e. The van der Waals surface area contributed by atoms with Crippen LogP contribution >= 0.6 is 0 Å². The summed E-state index contributed by atoms with van der Waals surface area (Å²) in [7, 11) is 1.70. The molecule has 1 heterocycles. The third kappa shape index (κ3) is 1.84. The average molecular weight is 172 g/mol. The topological polar surface area (TPSA) is 38.8 Å². The lowest BCUT2D eigenvalue weighted by molar-refractivity contribution is -0.108. The molecule has 0 N–H and O–H groups in total. The molecule has 0 unspecified atom stereocenters. The van der Waals surface area contributed by atoms with Crippen LogP contribution in [-0.2, 0) is 14.3 Å². The fourth-order valence-corrected chi connectivity index (χ4v) is 1.63. The SMILES string of the molecule is CC[C@H](OC)[C@@H](C)[C@H]1O[C@@H]1C=O. The molecule has 0 spiro atoms. The highest BCUT2D eigenvalue weighted by molar-refractivity contribution is 5.60. The molecule has 0 bridgehead atoms. The highest BCUT2D eigenvalue weighted by atomic mass is 16.6. The zero-order chi connectivity index (χ0) is 9.14. The number of ether oxygens (including phenoxy) is 2. The highest BCUT2D eigenvalue weighted by Gasteiger charge is 2.45. The number of carbonyl (C=O) groups is 1. The van der Waals surface area contributed by atoms with Gasteiger partial charge in [0.05, 0.1) is 12.2 Å². The minimum absolute atomic E-state index is 0.0902. The van der Waals surface area contributed by atoms with Gasteiger partial charge in [0.1, 0.15) is 6.10 Å². The first-order valence-electron chi connectivity index (χ1n) is 4.38. The van der Waals surface area contributed by atoms with Gasteiger partial charge < -0.3 is 14.3 Å². The van der Waals surface area contributed by atoms with E-state index in [9.17, 15) is 4.79 Å². The second-order valence-corrected chi connectivity index (χ2v) is 3.24. The quantitative estimate of drug-likeness (QED) is 0.459. The van der Waals surface area contributed by atoms with Crippen LogP contribution in [0.25, 0.3) is 0 Å². The molecule has 1 saturated heterocycles. The van der Waals surface area contributed by atoms with Crippen LogP contribution in [-0.4, -0.2) is 31.7 Å². The molecule has 0 amide bonds. The molecule has 1 aliphatic heterocycles. The number of rotatable bonds is 5. The van der Waals surface area contributed by atoms with E-state index in [1.165, 1.54) is 0 Å². The van der Waals surface area contributed by atoms with Gasteiger partial charge in [-0.1, -0.05) is 13.8 Å². The molecular weight excluding hydrogens is 156 g/mol. The number of epoxide rings is 1. The Morgan fingerprint density at radius 2 is 2.33 bits per heavy atom. The van der Waals surface area contributed by atoms with Crippen molar-refractivity contribution in [3.8, 4) is 0 Å². The Hall–Kier alpha value is -0.410. The predicted octanol–water partition coefficient (Wildman–Crippen LogP) is 1.01. The Bertz CT molecular complexity index is 154. The van der Waals surface area contributed by atoms with Crippen molar-refractivity contribution in [3.63, 3.8) is 0 Å². The lowest BCUT2D eigenvalue weighted by atomic mass is 9.97. The summed E-state index contributed by atoms with van der Waals surface area (Å²) < 4.78 is 10.4. The molecule has 70 valence electrons. The zero-order valence-corrected chi connectivity index (χ0v) is 7.82. The molecular formula is C9H16O3. The molecule has 1 fully saturated rings. The van der Waals surface area contributed by atoms with E-state index in [-0.39, 0.29) is 18.3 Å². The van der Waals surface area contributed by atoms with E-state index >= 15 is 0 Å². The minimum atomic E-state index is -0.177. The fraction of sp³-hybridized carbons (Fsp3) is 0.889. The molecule has 0 aromatic heterocycles. The van der Waals surface area contributed by atoms with Crippen LogP contribution in [0.2, 0.25) is 0 Å². The third-order valence-electron chi connectivity index (χ3n) is 2.51. The van der Waals surface area contributed by atoms with Gasteiger partial charge in [-0.2, -0.15) is 0 Å². The normalized spacial score (nSPS) is 32.6. The van der Waals surface area contributed by atoms with Gasteiger partial charge >= 0.3 is 0 Å². The predicted molar refractivity (Wildman–Crippen MR) is 45.0 cm³/mol. The van der Waals surface area contributed by atoms with Gasteiger partial charge in [0.25, 0.3) is 0 Å². The number of aldehydes is 1. The number of hydrogen-bond donors (Lipinski definition) is 0. The minimum Gasteiger partial charge on any atom is -0.381 e.